The fraction of sp³-hybridized carbons (Fsp3) is 0.345. The van der Waals surface area contributed by atoms with Gasteiger partial charge >= 0.3 is 6.09 Å². The second kappa shape index (κ2) is 8.84. The van der Waals surface area contributed by atoms with Crippen molar-refractivity contribution in [2.75, 3.05) is 13.7 Å². The third-order valence-electron chi connectivity index (χ3n) is 7.88. The van der Waals surface area contributed by atoms with Crippen molar-refractivity contribution in [1.29, 1.82) is 0 Å². The molecule has 0 radical (unpaired) electrons. The van der Waals surface area contributed by atoms with E-state index >= 15 is 0 Å². The zero-order chi connectivity index (χ0) is 23.9. The first-order valence-electron chi connectivity index (χ1n) is 12.3. The van der Waals surface area contributed by atoms with Crippen LogP contribution >= 0.6 is 0 Å². The minimum Gasteiger partial charge on any atom is -0.481 e. The van der Waals surface area contributed by atoms with Crippen LogP contribution in [-0.4, -0.2) is 47.6 Å². The summed E-state index contributed by atoms with van der Waals surface area (Å²) in [4.78, 5) is 32.4. The Kier molecular flexibility index (Phi) is 5.51. The number of aromatic nitrogens is 1. The SMILES string of the molecule is COc1ccc(C(=O)C2CC3CCC(C2)N3C(=O)OCC2c3ccccc3-c3ccccc32)cn1. The standard InChI is InChI=1S/C29H28N2O4/c1-34-27-13-10-18(16-30-27)28(32)19-14-20-11-12-21(15-19)31(20)29(33)35-17-26-24-8-4-2-6-22(24)23-7-3-5-9-25(23)26/h2-10,13,16,19-21,26H,11-12,14-15,17H2,1H3. The maximum Gasteiger partial charge on any atom is 0.410 e. The number of rotatable bonds is 5. The largest absolute Gasteiger partial charge is 0.481 e. The number of fused-ring (bicyclic) bond motifs is 5. The van der Waals surface area contributed by atoms with Gasteiger partial charge in [-0.25, -0.2) is 9.78 Å². The van der Waals surface area contributed by atoms with E-state index < -0.39 is 0 Å². The van der Waals surface area contributed by atoms with E-state index in [4.69, 9.17) is 9.47 Å². The van der Waals surface area contributed by atoms with E-state index in [1.165, 1.54) is 22.3 Å². The fourth-order valence-corrected chi connectivity index (χ4v) is 6.24. The molecule has 2 aromatic carbocycles. The fourth-order valence-electron chi connectivity index (χ4n) is 6.24. The Labute approximate surface area is 204 Å². The van der Waals surface area contributed by atoms with Gasteiger partial charge in [-0.1, -0.05) is 48.5 Å². The lowest BCUT2D eigenvalue weighted by Gasteiger charge is -2.37. The molecule has 2 saturated heterocycles. The summed E-state index contributed by atoms with van der Waals surface area (Å²) in [5.74, 6) is 0.543. The number of ether oxygens (including phenoxy) is 2. The molecule has 178 valence electrons. The van der Waals surface area contributed by atoms with Gasteiger partial charge in [-0.15, -0.1) is 0 Å². The number of hydrogen-bond acceptors (Lipinski definition) is 5. The molecule has 0 spiro atoms. The smallest absolute Gasteiger partial charge is 0.410 e. The van der Waals surface area contributed by atoms with Gasteiger partial charge in [0.2, 0.25) is 5.88 Å². The second-order valence-corrected chi connectivity index (χ2v) is 9.72. The molecular weight excluding hydrogens is 440 g/mol. The van der Waals surface area contributed by atoms with E-state index in [9.17, 15) is 9.59 Å². The summed E-state index contributed by atoms with van der Waals surface area (Å²) in [6, 6.07) is 20.3. The van der Waals surface area contributed by atoms with Gasteiger partial charge in [-0.3, -0.25) is 4.79 Å². The summed E-state index contributed by atoms with van der Waals surface area (Å²) in [5.41, 5.74) is 5.46. The van der Waals surface area contributed by atoms with Crippen molar-refractivity contribution in [3.63, 3.8) is 0 Å². The molecule has 2 unspecified atom stereocenters. The Morgan fingerprint density at radius 3 is 2.11 bits per heavy atom. The van der Waals surface area contributed by atoms with Gasteiger partial charge in [-0.05, 0) is 54.0 Å². The van der Waals surface area contributed by atoms with Crippen molar-refractivity contribution in [3.05, 3.63) is 83.6 Å². The lowest BCUT2D eigenvalue weighted by Crippen LogP contribution is -2.48. The third-order valence-corrected chi connectivity index (χ3v) is 7.88. The highest BCUT2D eigenvalue weighted by Crippen LogP contribution is 2.45. The molecule has 2 fully saturated rings. The predicted molar refractivity (Wildman–Crippen MR) is 132 cm³/mol. The van der Waals surface area contributed by atoms with Crippen LogP contribution in [0, 0.1) is 5.92 Å². The molecule has 3 aromatic rings. The van der Waals surface area contributed by atoms with Crippen LogP contribution in [-0.2, 0) is 4.74 Å². The topological polar surface area (TPSA) is 68.7 Å². The summed E-state index contributed by atoms with van der Waals surface area (Å²) in [6.07, 6.45) is 4.51. The van der Waals surface area contributed by atoms with Gasteiger partial charge in [0.05, 0.1) is 7.11 Å². The van der Waals surface area contributed by atoms with Crippen LogP contribution < -0.4 is 4.74 Å². The van der Waals surface area contributed by atoms with E-state index in [2.05, 4.69) is 41.4 Å². The lowest BCUT2D eigenvalue weighted by molar-refractivity contribution is 0.0506. The number of ketones is 1. The highest BCUT2D eigenvalue weighted by atomic mass is 16.6. The number of carbonyl (C=O) groups is 2. The molecule has 2 atom stereocenters. The monoisotopic (exact) mass is 468 g/mol. The van der Waals surface area contributed by atoms with Gasteiger partial charge in [0, 0.05) is 41.7 Å². The molecule has 3 heterocycles. The number of piperidine rings is 1. The minimum absolute atomic E-state index is 0.0459. The quantitative estimate of drug-likeness (QED) is 0.465. The molecule has 6 heteroatoms. The van der Waals surface area contributed by atoms with Crippen molar-refractivity contribution >= 4 is 11.9 Å². The molecule has 0 saturated carbocycles. The minimum atomic E-state index is -0.253. The van der Waals surface area contributed by atoms with Gasteiger partial charge in [0.1, 0.15) is 6.61 Å². The Bertz CT molecular complexity index is 1210. The number of Topliss-reactive ketones (excluding diaryl/α,β-unsaturated/α-hetero) is 1. The van der Waals surface area contributed by atoms with Crippen LogP contribution in [0.25, 0.3) is 11.1 Å². The van der Waals surface area contributed by atoms with E-state index in [1.807, 2.05) is 17.0 Å². The number of methoxy groups -OCH3 is 1. The van der Waals surface area contributed by atoms with Crippen LogP contribution in [0.5, 0.6) is 5.88 Å². The molecule has 35 heavy (non-hydrogen) atoms. The highest BCUT2D eigenvalue weighted by Gasteiger charge is 2.46. The van der Waals surface area contributed by atoms with Gasteiger partial charge in [0.25, 0.3) is 0 Å². The molecular formula is C29H28N2O4. The van der Waals surface area contributed by atoms with Crippen LogP contribution in [0.4, 0.5) is 4.79 Å². The molecule has 6 rings (SSSR count). The summed E-state index contributed by atoms with van der Waals surface area (Å²) in [7, 11) is 1.56. The number of benzene rings is 2. The molecule has 1 amide bonds. The Hall–Kier alpha value is -3.67. The molecule has 1 aromatic heterocycles. The van der Waals surface area contributed by atoms with Gasteiger partial charge in [0.15, 0.2) is 5.78 Å². The lowest BCUT2D eigenvalue weighted by atomic mass is 9.85. The normalized spacial score (nSPS) is 22.4. The summed E-state index contributed by atoms with van der Waals surface area (Å²) >= 11 is 0. The summed E-state index contributed by atoms with van der Waals surface area (Å²) < 4.78 is 11.0. The van der Waals surface area contributed by atoms with E-state index in [0.717, 1.165) is 12.8 Å². The summed E-state index contributed by atoms with van der Waals surface area (Å²) in [5, 5.41) is 0. The third kappa shape index (κ3) is 3.77. The van der Waals surface area contributed by atoms with Crippen molar-refractivity contribution in [2.24, 2.45) is 5.92 Å². The second-order valence-electron chi connectivity index (χ2n) is 9.72. The number of hydrogen-bond donors (Lipinski definition) is 0. The van der Waals surface area contributed by atoms with Crippen molar-refractivity contribution in [2.45, 2.75) is 43.7 Å². The van der Waals surface area contributed by atoms with E-state index in [-0.39, 0.29) is 35.8 Å². The molecule has 3 aliphatic rings. The molecule has 2 aliphatic heterocycles. The van der Waals surface area contributed by atoms with Crippen LogP contribution in [0.2, 0.25) is 0 Å². The van der Waals surface area contributed by atoms with Gasteiger partial charge in [-0.2, -0.15) is 0 Å². The molecule has 1 aliphatic carbocycles. The first-order chi connectivity index (χ1) is 17.1. The average molecular weight is 469 g/mol. The Balaban J connectivity index is 1.13. The van der Waals surface area contributed by atoms with Crippen molar-refractivity contribution in [1.82, 2.24) is 9.88 Å². The molecule has 0 N–H and O–H groups in total. The maximum atomic E-state index is 13.3. The average Bonchev–Trinajstić information content (AvgIpc) is 3.37. The predicted octanol–water partition coefficient (Wildman–Crippen LogP) is 5.47. The Morgan fingerprint density at radius 1 is 0.914 bits per heavy atom. The maximum absolute atomic E-state index is 13.3. The van der Waals surface area contributed by atoms with Gasteiger partial charge < -0.3 is 14.4 Å². The number of nitrogens with zero attached hydrogens (tertiary/aromatic N) is 2. The van der Waals surface area contributed by atoms with Crippen molar-refractivity contribution < 1.29 is 19.1 Å². The number of carbonyl (C=O) groups excluding carboxylic acids is 2. The van der Waals surface area contributed by atoms with Crippen LogP contribution in [0.1, 0.15) is 53.1 Å². The van der Waals surface area contributed by atoms with Crippen LogP contribution in [0.3, 0.4) is 0 Å². The Morgan fingerprint density at radius 2 is 1.54 bits per heavy atom. The zero-order valence-electron chi connectivity index (χ0n) is 19.7. The first kappa shape index (κ1) is 21.8. The molecule has 6 nitrogen and oxygen atoms in total. The van der Waals surface area contributed by atoms with E-state index in [0.29, 0.717) is 30.9 Å². The summed E-state index contributed by atoms with van der Waals surface area (Å²) in [6.45, 7) is 0.322. The van der Waals surface area contributed by atoms with Crippen molar-refractivity contribution in [3.8, 4) is 17.0 Å². The first-order valence-corrected chi connectivity index (χ1v) is 12.3. The van der Waals surface area contributed by atoms with Crippen LogP contribution in [0.15, 0.2) is 66.9 Å². The number of amides is 1. The number of pyridine rings is 1. The van der Waals surface area contributed by atoms with E-state index in [1.54, 1.807) is 25.4 Å². The molecule has 2 bridgehead atoms. The highest BCUT2D eigenvalue weighted by molar-refractivity contribution is 5.98. The zero-order valence-corrected chi connectivity index (χ0v) is 19.7.